The maximum atomic E-state index is 12.1. The molecule has 0 saturated heterocycles. The molecule has 0 aromatic heterocycles. The van der Waals surface area contributed by atoms with Crippen LogP contribution < -0.4 is 15.6 Å². The molecular weight excluding hydrogens is 398 g/mol. The van der Waals surface area contributed by atoms with Gasteiger partial charge in [-0.15, -0.1) is 16.6 Å². The number of anilines is 1. The van der Waals surface area contributed by atoms with Crippen molar-refractivity contribution < 1.29 is 18.0 Å². The summed E-state index contributed by atoms with van der Waals surface area (Å²) in [7, 11) is -3.92. The molecule has 1 aliphatic heterocycles. The highest BCUT2D eigenvalue weighted by Gasteiger charge is 2.29. The van der Waals surface area contributed by atoms with E-state index >= 15 is 0 Å². The largest absolute Gasteiger partial charge is 0.324 e. The Bertz CT molecular complexity index is 948. The number of fused-ring (bicyclic) bond motifs is 1. The van der Waals surface area contributed by atoms with E-state index in [2.05, 4.69) is 10.7 Å². The SMILES string of the molecule is O=C(C[C@H]1Sc2ccccc2NC1=O)NNS(=O)(=O)c1ccc(Cl)cc1. The minimum absolute atomic E-state index is 0.0408. The minimum Gasteiger partial charge on any atom is -0.324 e. The Hall–Kier alpha value is -2.07. The number of hydrazine groups is 1. The molecule has 0 aliphatic carbocycles. The van der Waals surface area contributed by atoms with Crippen molar-refractivity contribution in [3.63, 3.8) is 0 Å². The number of carbonyl (C=O) groups excluding carboxylic acids is 2. The average Bonchev–Trinajstić information content (AvgIpc) is 2.61. The van der Waals surface area contributed by atoms with Gasteiger partial charge in [-0.3, -0.25) is 15.0 Å². The molecule has 2 amide bonds. The Kier molecular flexibility index (Phi) is 5.52. The monoisotopic (exact) mass is 411 g/mol. The molecule has 0 unspecified atom stereocenters. The smallest absolute Gasteiger partial charge is 0.257 e. The molecule has 1 atom stereocenters. The van der Waals surface area contributed by atoms with Gasteiger partial charge < -0.3 is 5.32 Å². The fraction of sp³-hybridized carbons (Fsp3) is 0.125. The Morgan fingerprint density at radius 1 is 1.15 bits per heavy atom. The van der Waals surface area contributed by atoms with Crippen LogP contribution in [0.4, 0.5) is 5.69 Å². The number of benzene rings is 2. The molecule has 136 valence electrons. The zero-order chi connectivity index (χ0) is 18.7. The molecular formula is C16H14ClN3O4S2. The van der Waals surface area contributed by atoms with Gasteiger partial charge in [-0.2, -0.15) is 0 Å². The topological polar surface area (TPSA) is 104 Å². The number of para-hydroxylation sites is 1. The molecule has 1 heterocycles. The lowest BCUT2D eigenvalue weighted by Gasteiger charge is -2.23. The van der Waals surface area contributed by atoms with Crippen LogP contribution in [0.2, 0.25) is 5.02 Å². The van der Waals surface area contributed by atoms with Crippen molar-refractivity contribution in [3.05, 3.63) is 53.6 Å². The number of amides is 2. The third-order valence-corrected chi connectivity index (χ3v) is 6.32. The van der Waals surface area contributed by atoms with Crippen LogP contribution in [-0.2, 0) is 19.6 Å². The number of hydrogen-bond donors (Lipinski definition) is 3. The second-order valence-corrected chi connectivity index (χ2v) is 8.77. The number of thioether (sulfide) groups is 1. The Labute approximate surface area is 159 Å². The molecule has 7 nitrogen and oxygen atoms in total. The predicted octanol–water partition coefficient (Wildman–Crippen LogP) is 2.15. The van der Waals surface area contributed by atoms with Crippen LogP contribution in [-0.4, -0.2) is 25.5 Å². The summed E-state index contributed by atoms with van der Waals surface area (Å²) in [5, 5.41) is 2.48. The van der Waals surface area contributed by atoms with Gasteiger partial charge >= 0.3 is 0 Å². The van der Waals surface area contributed by atoms with Crippen molar-refractivity contribution in [2.45, 2.75) is 21.5 Å². The van der Waals surface area contributed by atoms with Crippen molar-refractivity contribution in [3.8, 4) is 0 Å². The van der Waals surface area contributed by atoms with Crippen LogP contribution in [0.3, 0.4) is 0 Å². The first kappa shape index (κ1) is 18.7. The number of rotatable bonds is 5. The highest BCUT2D eigenvalue weighted by atomic mass is 35.5. The molecule has 0 spiro atoms. The van der Waals surface area contributed by atoms with E-state index in [-0.39, 0.29) is 17.2 Å². The average molecular weight is 412 g/mol. The third-order valence-electron chi connectivity index (χ3n) is 3.53. The van der Waals surface area contributed by atoms with Gasteiger partial charge in [0.25, 0.3) is 10.0 Å². The standard InChI is InChI=1S/C16H14ClN3O4S2/c17-10-5-7-11(8-6-10)26(23,24)20-19-15(21)9-14-16(22)18-12-3-1-2-4-13(12)25-14/h1-8,14,20H,9H2,(H,18,22)(H,19,21)/t14-/m1/s1. The zero-order valence-electron chi connectivity index (χ0n) is 13.2. The van der Waals surface area contributed by atoms with E-state index in [0.29, 0.717) is 10.7 Å². The summed E-state index contributed by atoms with van der Waals surface area (Å²) < 4.78 is 24.2. The predicted molar refractivity (Wildman–Crippen MR) is 99.2 cm³/mol. The van der Waals surface area contributed by atoms with Gasteiger partial charge in [-0.25, -0.2) is 8.42 Å². The molecule has 3 rings (SSSR count). The van der Waals surface area contributed by atoms with Crippen molar-refractivity contribution >= 4 is 50.9 Å². The van der Waals surface area contributed by atoms with E-state index in [1.165, 1.54) is 36.0 Å². The number of halogens is 1. The fourth-order valence-corrected chi connectivity index (χ4v) is 4.34. The Morgan fingerprint density at radius 3 is 2.58 bits per heavy atom. The number of hydrogen-bond acceptors (Lipinski definition) is 5. The lowest BCUT2D eigenvalue weighted by atomic mass is 10.2. The van der Waals surface area contributed by atoms with Crippen molar-refractivity contribution in [2.75, 3.05) is 5.32 Å². The van der Waals surface area contributed by atoms with Gasteiger partial charge in [-0.05, 0) is 36.4 Å². The fourth-order valence-electron chi connectivity index (χ4n) is 2.24. The van der Waals surface area contributed by atoms with Crippen LogP contribution in [0.1, 0.15) is 6.42 Å². The van der Waals surface area contributed by atoms with Crippen LogP contribution >= 0.6 is 23.4 Å². The molecule has 10 heteroatoms. The van der Waals surface area contributed by atoms with Crippen molar-refractivity contribution in [1.82, 2.24) is 10.3 Å². The van der Waals surface area contributed by atoms with Crippen LogP contribution in [0, 0.1) is 0 Å². The lowest BCUT2D eigenvalue weighted by molar-refractivity contribution is -0.124. The van der Waals surface area contributed by atoms with Gasteiger partial charge in [0, 0.05) is 16.3 Å². The van der Waals surface area contributed by atoms with Crippen LogP contribution in [0.25, 0.3) is 0 Å². The summed E-state index contributed by atoms with van der Waals surface area (Å²) in [5.41, 5.74) is 2.82. The quantitative estimate of drug-likeness (QED) is 0.654. The highest BCUT2D eigenvalue weighted by molar-refractivity contribution is 8.01. The van der Waals surface area contributed by atoms with E-state index in [9.17, 15) is 18.0 Å². The highest BCUT2D eigenvalue weighted by Crippen LogP contribution is 2.36. The summed E-state index contributed by atoms with van der Waals surface area (Å²) in [4.78, 5) is 27.0. The summed E-state index contributed by atoms with van der Waals surface area (Å²) in [6, 6.07) is 12.7. The molecule has 2 aromatic rings. The van der Waals surface area contributed by atoms with Crippen LogP contribution in [0.5, 0.6) is 0 Å². The van der Waals surface area contributed by atoms with Gasteiger partial charge in [0.05, 0.1) is 15.8 Å². The molecule has 2 aromatic carbocycles. The van der Waals surface area contributed by atoms with E-state index < -0.39 is 21.2 Å². The first-order chi connectivity index (χ1) is 12.3. The maximum Gasteiger partial charge on any atom is 0.257 e. The molecule has 0 bridgehead atoms. The van der Waals surface area contributed by atoms with Gasteiger partial charge in [0.2, 0.25) is 11.8 Å². The molecule has 0 radical (unpaired) electrons. The van der Waals surface area contributed by atoms with E-state index in [1.54, 1.807) is 12.1 Å². The summed E-state index contributed by atoms with van der Waals surface area (Å²) in [6.45, 7) is 0. The summed E-state index contributed by atoms with van der Waals surface area (Å²) in [6.07, 6.45) is -0.173. The third kappa shape index (κ3) is 4.36. The number of nitrogens with one attached hydrogen (secondary N) is 3. The molecule has 26 heavy (non-hydrogen) atoms. The minimum atomic E-state index is -3.92. The van der Waals surface area contributed by atoms with Crippen molar-refractivity contribution in [1.29, 1.82) is 0 Å². The number of carbonyl (C=O) groups is 2. The molecule has 3 N–H and O–H groups in total. The van der Waals surface area contributed by atoms with Gasteiger partial charge in [0.15, 0.2) is 0 Å². The van der Waals surface area contributed by atoms with E-state index in [1.807, 2.05) is 17.0 Å². The Morgan fingerprint density at radius 2 is 1.85 bits per heavy atom. The zero-order valence-corrected chi connectivity index (χ0v) is 15.6. The number of sulfonamides is 1. The second kappa shape index (κ2) is 7.67. The normalized spacial score (nSPS) is 16.5. The summed E-state index contributed by atoms with van der Waals surface area (Å²) >= 11 is 6.98. The Balaban J connectivity index is 1.59. The van der Waals surface area contributed by atoms with E-state index in [4.69, 9.17) is 11.6 Å². The maximum absolute atomic E-state index is 12.1. The summed E-state index contributed by atoms with van der Waals surface area (Å²) in [5.74, 6) is -0.918. The van der Waals surface area contributed by atoms with Crippen molar-refractivity contribution in [2.24, 2.45) is 0 Å². The van der Waals surface area contributed by atoms with E-state index in [0.717, 1.165) is 4.90 Å². The van der Waals surface area contributed by atoms with Crippen LogP contribution in [0.15, 0.2) is 58.3 Å². The molecule has 1 aliphatic rings. The molecule has 0 saturated carbocycles. The lowest BCUT2D eigenvalue weighted by Crippen LogP contribution is -2.43. The first-order valence-electron chi connectivity index (χ1n) is 7.48. The second-order valence-electron chi connectivity index (χ2n) is 5.40. The van der Waals surface area contributed by atoms with Gasteiger partial charge in [-0.1, -0.05) is 23.7 Å². The molecule has 0 fully saturated rings. The first-order valence-corrected chi connectivity index (χ1v) is 10.2. The van der Waals surface area contributed by atoms with Gasteiger partial charge in [0.1, 0.15) is 0 Å².